The van der Waals surface area contributed by atoms with Crippen molar-refractivity contribution in [3.63, 3.8) is 0 Å². The van der Waals surface area contributed by atoms with Gasteiger partial charge in [-0.05, 0) is 42.0 Å². The molecule has 0 aliphatic carbocycles. The quantitative estimate of drug-likeness (QED) is 0.651. The normalized spacial score (nSPS) is 14.9. The summed E-state index contributed by atoms with van der Waals surface area (Å²) in [5.41, 5.74) is 1.44. The van der Waals surface area contributed by atoms with Crippen LogP contribution in [0.2, 0.25) is 5.02 Å². The lowest BCUT2D eigenvalue weighted by atomic mass is 10.1. The molecule has 3 aromatic carbocycles. The Morgan fingerprint density at radius 3 is 2.55 bits per heavy atom. The number of amides is 1. The molecule has 0 bridgehead atoms. The van der Waals surface area contributed by atoms with E-state index in [1.54, 1.807) is 18.2 Å². The minimum absolute atomic E-state index is 0.223. The predicted molar refractivity (Wildman–Crippen MR) is 111 cm³/mol. The van der Waals surface area contributed by atoms with Crippen molar-refractivity contribution >= 4 is 17.5 Å². The summed E-state index contributed by atoms with van der Waals surface area (Å²) in [6.45, 7) is 1.06. The Kier molecular flexibility index (Phi) is 5.86. The highest BCUT2D eigenvalue weighted by Gasteiger charge is 2.22. The molecule has 1 amide bonds. The molecule has 1 aliphatic rings. The lowest BCUT2D eigenvalue weighted by molar-refractivity contribution is 0.0787. The lowest BCUT2D eigenvalue weighted by Gasteiger charge is -2.26. The molecule has 3 aromatic rings. The number of para-hydroxylation sites is 3. The van der Waals surface area contributed by atoms with Crippen molar-refractivity contribution in [1.82, 2.24) is 5.32 Å². The van der Waals surface area contributed by atoms with Crippen molar-refractivity contribution in [3.8, 4) is 17.2 Å². The Labute approximate surface area is 174 Å². The number of rotatable bonds is 6. The number of benzene rings is 3. The second-order valence-corrected chi connectivity index (χ2v) is 7.06. The third-order valence-electron chi connectivity index (χ3n) is 4.50. The molecule has 0 saturated carbocycles. The Hall–Kier alpha value is -3.18. The third kappa shape index (κ3) is 4.81. The molecule has 6 heteroatoms. The van der Waals surface area contributed by atoms with Crippen molar-refractivity contribution < 1.29 is 19.0 Å². The summed E-state index contributed by atoms with van der Waals surface area (Å²) in [5.74, 6) is 1.70. The molecule has 148 valence electrons. The third-order valence-corrected chi connectivity index (χ3v) is 4.75. The standard InChI is InChI=1S/C23H20ClNO4/c24-17-11-9-16(10-12-17)14-27-20-6-2-1-5-19(20)23(26)25-13-18-15-28-21-7-3-4-8-22(21)29-18/h1-12,18H,13-15H2,(H,25,26)/t18-/m0/s1. The van der Waals surface area contributed by atoms with Crippen LogP contribution in [0.3, 0.4) is 0 Å². The molecule has 5 nitrogen and oxygen atoms in total. The van der Waals surface area contributed by atoms with Gasteiger partial charge >= 0.3 is 0 Å². The van der Waals surface area contributed by atoms with Crippen LogP contribution in [0.25, 0.3) is 0 Å². The van der Waals surface area contributed by atoms with Gasteiger partial charge in [-0.15, -0.1) is 0 Å². The number of carbonyl (C=O) groups is 1. The zero-order valence-electron chi connectivity index (χ0n) is 15.6. The molecule has 0 radical (unpaired) electrons. The van der Waals surface area contributed by atoms with E-state index in [1.165, 1.54) is 0 Å². The summed E-state index contributed by atoms with van der Waals surface area (Å²) in [6.07, 6.45) is -0.254. The van der Waals surface area contributed by atoms with Crippen LogP contribution in [0, 0.1) is 0 Å². The highest BCUT2D eigenvalue weighted by atomic mass is 35.5. The topological polar surface area (TPSA) is 56.8 Å². The van der Waals surface area contributed by atoms with Gasteiger partial charge in [0.15, 0.2) is 11.5 Å². The maximum absolute atomic E-state index is 12.7. The average molecular weight is 410 g/mol. The second-order valence-electron chi connectivity index (χ2n) is 6.62. The van der Waals surface area contributed by atoms with Crippen molar-refractivity contribution in [2.45, 2.75) is 12.7 Å². The molecule has 1 heterocycles. The molecular formula is C23H20ClNO4. The predicted octanol–water partition coefficient (Wildman–Crippen LogP) is 4.49. The van der Waals surface area contributed by atoms with Crippen LogP contribution in [-0.2, 0) is 6.61 Å². The lowest BCUT2D eigenvalue weighted by Crippen LogP contribution is -2.40. The SMILES string of the molecule is O=C(NC[C@H]1COc2ccccc2O1)c1ccccc1OCc1ccc(Cl)cc1. The summed E-state index contributed by atoms with van der Waals surface area (Å²) in [5, 5.41) is 3.58. The monoisotopic (exact) mass is 409 g/mol. The van der Waals surface area contributed by atoms with Gasteiger partial charge in [0, 0.05) is 5.02 Å². The number of nitrogens with one attached hydrogen (secondary N) is 1. The molecule has 1 atom stereocenters. The van der Waals surface area contributed by atoms with Crippen LogP contribution in [-0.4, -0.2) is 25.2 Å². The Morgan fingerprint density at radius 1 is 1.00 bits per heavy atom. The molecule has 0 aromatic heterocycles. The Morgan fingerprint density at radius 2 is 1.72 bits per heavy atom. The first kappa shape index (κ1) is 19.2. The van der Waals surface area contributed by atoms with Gasteiger partial charge in [-0.3, -0.25) is 4.79 Å². The summed E-state index contributed by atoms with van der Waals surface area (Å²) in [6, 6.07) is 22.0. The fraction of sp³-hybridized carbons (Fsp3) is 0.174. The van der Waals surface area contributed by atoms with Gasteiger partial charge in [-0.25, -0.2) is 0 Å². The van der Waals surface area contributed by atoms with Crippen LogP contribution in [0.1, 0.15) is 15.9 Å². The smallest absolute Gasteiger partial charge is 0.255 e. The molecule has 29 heavy (non-hydrogen) atoms. The summed E-state index contributed by atoms with van der Waals surface area (Å²) in [7, 11) is 0. The number of ether oxygens (including phenoxy) is 3. The fourth-order valence-electron chi connectivity index (χ4n) is 2.99. The van der Waals surface area contributed by atoms with E-state index in [0.717, 1.165) is 11.3 Å². The minimum Gasteiger partial charge on any atom is -0.488 e. The average Bonchev–Trinajstić information content (AvgIpc) is 2.77. The molecule has 0 spiro atoms. The van der Waals surface area contributed by atoms with Gasteiger partial charge in [-0.2, -0.15) is 0 Å². The number of carbonyl (C=O) groups excluding carboxylic acids is 1. The van der Waals surface area contributed by atoms with Gasteiger partial charge in [0.05, 0.1) is 12.1 Å². The van der Waals surface area contributed by atoms with E-state index < -0.39 is 0 Å². The molecule has 0 fully saturated rings. The van der Waals surface area contributed by atoms with Crippen LogP contribution < -0.4 is 19.5 Å². The van der Waals surface area contributed by atoms with E-state index in [-0.39, 0.29) is 12.0 Å². The van der Waals surface area contributed by atoms with E-state index >= 15 is 0 Å². The van der Waals surface area contributed by atoms with Crippen molar-refractivity contribution in [2.24, 2.45) is 0 Å². The highest BCUT2D eigenvalue weighted by Crippen LogP contribution is 2.30. The molecule has 4 rings (SSSR count). The van der Waals surface area contributed by atoms with E-state index in [2.05, 4.69) is 5.32 Å². The largest absolute Gasteiger partial charge is 0.488 e. The van der Waals surface area contributed by atoms with Crippen molar-refractivity contribution in [3.05, 3.63) is 88.9 Å². The molecule has 0 saturated heterocycles. The van der Waals surface area contributed by atoms with Crippen LogP contribution in [0.4, 0.5) is 0 Å². The number of hydrogen-bond acceptors (Lipinski definition) is 4. The van der Waals surface area contributed by atoms with Crippen LogP contribution in [0.5, 0.6) is 17.2 Å². The zero-order valence-corrected chi connectivity index (χ0v) is 16.4. The number of fused-ring (bicyclic) bond motifs is 1. The highest BCUT2D eigenvalue weighted by molar-refractivity contribution is 6.30. The van der Waals surface area contributed by atoms with Gasteiger partial charge in [-0.1, -0.05) is 48.0 Å². The summed E-state index contributed by atoms with van der Waals surface area (Å²) in [4.78, 5) is 12.7. The first-order valence-corrected chi connectivity index (χ1v) is 9.70. The maximum atomic E-state index is 12.7. The van der Waals surface area contributed by atoms with E-state index in [1.807, 2.05) is 54.6 Å². The Bertz CT molecular complexity index is 990. The Balaban J connectivity index is 1.36. The van der Waals surface area contributed by atoms with E-state index in [9.17, 15) is 4.79 Å². The van der Waals surface area contributed by atoms with Crippen LogP contribution in [0.15, 0.2) is 72.8 Å². The molecular weight excluding hydrogens is 390 g/mol. The summed E-state index contributed by atoms with van der Waals surface area (Å²) >= 11 is 5.91. The van der Waals surface area contributed by atoms with Gasteiger partial charge in [0.2, 0.25) is 0 Å². The fourth-order valence-corrected chi connectivity index (χ4v) is 3.11. The first-order chi connectivity index (χ1) is 14.2. The van der Waals surface area contributed by atoms with Crippen LogP contribution >= 0.6 is 11.6 Å². The van der Waals surface area contributed by atoms with Crippen molar-refractivity contribution in [2.75, 3.05) is 13.2 Å². The number of hydrogen-bond donors (Lipinski definition) is 1. The number of halogens is 1. The van der Waals surface area contributed by atoms with Gasteiger partial charge < -0.3 is 19.5 Å². The molecule has 1 aliphatic heterocycles. The zero-order chi connectivity index (χ0) is 20.1. The van der Waals surface area contributed by atoms with Crippen molar-refractivity contribution in [1.29, 1.82) is 0 Å². The summed E-state index contributed by atoms with van der Waals surface area (Å²) < 4.78 is 17.4. The van der Waals surface area contributed by atoms with Gasteiger partial charge in [0.25, 0.3) is 5.91 Å². The van der Waals surface area contributed by atoms with E-state index in [4.69, 9.17) is 25.8 Å². The molecule has 0 unspecified atom stereocenters. The first-order valence-electron chi connectivity index (χ1n) is 9.32. The van der Waals surface area contributed by atoms with Gasteiger partial charge in [0.1, 0.15) is 25.1 Å². The second kappa shape index (κ2) is 8.88. The molecule has 1 N–H and O–H groups in total. The maximum Gasteiger partial charge on any atom is 0.255 e. The van der Waals surface area contributed by atoms with E-state index in [0.29, 0.717) is 41.8 Å². The minimum atomic E-state index is -0.254.